The predicted molar refractivity (Wildman–Crippen MR) is 121 cm³/mol. The highest BCUT2D eigenvalue weighted by atomic mass is 32.2. The molecule has 1 heterocycles. The van der Waals surface area contributed by atoms with Crippen LogP contribution in [0.15, 0.2) is 39.4 Å². The lowest BCUT2D eigenvalue weighted by atomic mass is 10.1. The standard InChI is InChI=1S/C23H25NO6S/c1-5-9-19(25)24-22-20(23(27)29-8-4)21(26)18(31-22)14-15-10-11-16(30-12-6-2)17(13-15)28-7-3/h2,10-11,13-14,26H,5,7-9,12H2,1,3-4H3/b18-14-,24-22?. The maximum absolute atomic E-state index is 12.4. The zero-order chi connectivity index (χ0) is 22.8. The fraction of sp³-hybridized carbons (Fsp3) is 0.348. The lowest BCUT2D eigenvalue weighted by Crippen LogP contribution is -2.14. The van der Waals surface area contributed by atoms with E-state index in [9.17, 15) is 14.7 Å². The van der Waals surface area contributed by atoms with Gasteiger partial charge in [-0.1, -0.05) is 30.7 Å². The molecule has 0 spiro atoms. The molecule has 1 aromatic rings. The van der Waals surface area contributed by atoms with Crippen LogP contribution < -0.4 is 9.47 Å². The van der Waals surface area contributed by atoms with Crippen LogP contribution in [0.25, 0.3) is 6.08 Å². The Balaban J connectivity index is 2.44. The number of amides is 1. The number of esters is 1. The highest BCUT2D eigenvalue weighted by molar-refractivity contribution is 8.18. The molecule has 0 aromatic heterocycles. The van der Waals surface area contributed by atoms with Crippen LogP contribution in [0.5, 0.6) is 11.5 Å². The van der Waals surface area contributed by atoms with Crippen molar-refractivity contribution in [2.24, 2.45) is 4.99 Å². The number of benzene rings is 1. The van der Waals surface area contributed by atoms with Gasteiger partial charge in [-0.15, -0.1) is 6.42 Å². The van der Waals surface area contributed by atoms with Gasteiger partial charge in [-0.25, -0.2) is 9.79 Å². The Hall–Kier alpha value is -3.18. The second-order valence-electron chi connectivity index (χ2n) is 6.25. The average molecular weight is 444 g/mol. The van der Waals surface area contributed by atoms with Crippen LogP contribution in [-0.4, -0.2) is 41.8 Å². The average Bonchev–Trinajstić information content (AvgIpc) is 3.02. The minimum absolute atomic E-state index is 0.106. The quantitative estimate of drug-likeness (QED) is 0.449. The largest absolute Gasteiger partial charge is 0.506 e. The number of hydrogen-bond acceptors (Lipinski definition) is 7. The van der Waals surface area contributed by atoms with Gasteiger partial charge >= 0.3 is 5.97 Å². The van der Waals surface area contributed by atoms with Gasteiger partial charge in [0.25, 0.3) is 0 Å². The summed E-state index contributed by atoms with van der Waals surface area (Å²) in [5.74, 6) is 2.02. The molecule has 0 radical (unpaired) electrons. The van der Waals surface area contributed by atoms with E-state index < -0.39 is 5.97 Å². The van der Waals surface area contributed by atoms with Crippen molar-refractivity contribution in [3.8, 4) is 23.8 Å². The molecule has 1 aromatic carbocycles. The molecule has 1 N–H and O–H groups in total. The molecule has 1 aliphatic heterocycles. The number of terminal acetylenes is 1. The van der Waals surface area contributed by atoms with Gasteiger partial charge in [0.2, 0.25) is 5.91 Å². The number of carbonyl (C=O) groups is 2. The van der Waals surface area contributed by atoms with Crippen molar-refractivity contribution in [1.29, 1.82) is 0 Å². The lowest BCUT2D eigenvalue weighted by molar-refractivity contribution is -0.138. The molecule has 1 aliphatic rings. The van der Waals surface area contributed by atoms with Crippen LogP contribution in [0.2, 0.25) is 0 Å². The van der Waals surface area contributed by atoms with E-state index in [-0.39, 0.29) is 41.9 Å². The number of ether oxygens (including phenoxy) is 3. The van der Waals surface area contributed by atoms with Crippen molar-refractivity contribution in [2.45, 2.75) is 33.6 Å². The maximum Gasteiger partial charge on any atom is 0.344 e. The number of aliphatic hydroxyl groups is 1. The number of aliphatic hydroxyl groups excluding tert-OH is 1. The summed E-state index contributed by atoms with van der Waals surface area (Å²) in [7, 11) is 0. The topological polar surface area (TPSA) is 94.4 Å². The van der Waals surface area contributed by atoms with E-state index >= 15 is 0 Å². The molecule has 7 nitrogen and oxygen atoms in total. The Kier molecular flexibility index (Phi) is 9.22. The highest BCUT2D eigenvalue weighted by Gasteiger charge is 2.33. The normalized spacial score (nSPS) is 15.8. The number of hydrogen-bond donors (Lipinski definition) is 1. The van der Waals surface area contributed by atoms with Crippen molar-refractivity contribution >= 4 is 34.8 Å². The zero-order valence-corrected chi connectivity index (χ0v) is 18.6. The Morgan fingerprint density at radius 2 is 1.97 bits per heavy atom. The molecule has 0 unspecified atom stereocenters. The van der Waals surface area contributed by atoms with Gasteiger partial charge in [0.1, 0.15) is 23.0 Å². The van der Waals surface area contributed by atoms with Crippen LogP contribution >= 0.6 is 11.8 Å². The molecule has 0 aliphatic carbocycles. The third kappa shape index (κ3) is 6.40. The van der Waals surface area contributed by atoms with Gasteiger partial charge in [-0.3, -0.25) is 4.79 Å². The summed E-state index contributed by atoms with van der Waals surface area (Å²) in [6.07, 6.45) is 7.79. The highest BCUT2D eigenvalue weighted by Crippen LogP contribution is 2.40. The summed E-state index contributed by atoms with van der Waals surface area (Å²) in [4.78, 5) is 28.8. The van der Waals surface area contributed by atoms with Gasteiger partial charge in [0, 0.05) is 6.42 Å². The molecule has 1 amide bonds. The van der Waals surface area contributed by atoms with E-state index in [2.05, 4.69) is 10.9 Å². The maximum atomic E-state index is 12.4. The van der Waals surface area contributed by atoms with Crippen LogP contribution in [0.3, 0.4) is 0 Å². The third-order valence-corrected chi connectivity index (χ3v) is 4.96. The Labute approximate surface area is 186 Å². The molecule has 8 heteroatoms. The van der Waals surface area contributed by atoms with Crippen molar-refractivity contribution in [3.05, 3.63) is 40.0 Å². The first kappa shape index (κ1) is 24.1. The van der Waals surface area contributed by atoms with E-state index in [1.165, 1.54) is 0 Å². The molecule has 0 saturated carbocycles. The van der Waals surface area contributed by atoms with Crippen LogP contribution in [0.4, 0.5) is 0 Å². The van der Waals surface area contributed by atoms with E-state index in [1.54, 1.807) is 31.2 Å². The fourth-order valence-electron chi connectivity index (χ4n) is 2.65. The van der Waals surface area contributed by atoms with Crippen LogP contribution in [-0.2, 0) is 14.3 Å². The smallest absolute Gasteiger partial charge is 0.344 e. The second-order valence-corrected chi connectivity index (χ2v) is 7.28. The Morgan fingerprint density at radius 3 is 2.61 bits per heavy atom. The molecule has 0 fully saturated rings. The Bertz CT molecular complexity index is 971. The number of nitrogens with zero attached hydrogens (tertiary/aromatic N) is 1. The van der Waals surface area contributed by atoms with Gasteiger partial charge in [-0.05, 0) is 44.0 Å². The van der Waals surface area contributed by atoms with E-state index in [0.29, 0.717) is 35.0 Å². The number of aliphatic imine (C=N–C) groups is 1. The number of thioether (sulfide) groups is 1. The van der Waals surface area contributed by atoms with Gasteiger partial charge < -0.3 is 19.3 Å². The fourth-order valence-corrected chi connectivity index (χ4v) is 3.68. The molecular weight excluding hydrogens is 418 g/mol. The summed E-state index contributed by atoms with van der Waals surface area (Å²) in [6.45, 7) is 6.03. The van der Waals surface area contributed by atoms with Gasteiger partial charge in [0.15, 0.2) is 11.5 Å². The summed E-state index contributed by atoms with van der Waals surface area (Å²) >= 11 is 1.03. The van der Waals surface area contributed by atoms with Crippen molar-refractivity contribution < 1.29 is 28.9 Å². The van der Waals surface area contributed by atoms with Crippen molar-refractivity contribution in [3.63, 3.8) is 0 Å². The minimum Gasteiger partial charge on any atom is -0.506 e. The first-order chi connectivity index (χ1) is 14.9. The van der Waals surface area contributed by atoms with Crippen LogP contribution in [0, 0.1) is 12.3 Å². The molecule has 31 heavy (non-hydrogen) atoms. The minimum atomic E-state index is -0.730. The van der Waals surface area contributed by atoms with Crippen molar-refractivity contribution in [1.82, 2.24) is 0 Å². The molecule has 0 bridgehead atoms. The van der Waals surface area contributed by atoms with E-state index in [0.717, 1.165) is 11.8 Å². The Morgan fingerprint density at radius 1 is 1.19 bits per heavy atom. The van der Waals surface area contributed by atoms with E-state index in [4.69, 9.17) is 20.6 Å². The summed E-state index contributed by atoms with van der Waals surface area (Å²) in [5, 5.41) is 10.8. The predicted octanol–water partition coefficient (Wildman–Crippen LogP) is 4.29. The monoisotopic (exact) mass is 443 g/mol. The summed E-state index contributed by atoms with van der Waals surface area (Å²) in [5.41, 5.74) is 0.580. The van der Waals surface area contributed by atoms with Gasteiger partial charge in [-0.2, -0.15) is 0 Å². The van der Waals surface area contributed by atoms with Crippen molar-refractivity contribution in [2.75, 3.05) is 19.8 Å². The lowest BCUT2D eigenvalue weighted by Gasteiger charge is -2.11. The molecular formula is C23H25NO6S. The first-order valence-corrected chi connectivity index (χ1v) is 10.7. The van der Waals surface area contributed by atoms with Crippen LogP contribution in [0.1, 0.15) is 39.2 Å². The molecule has 2 rings (SSSR count). The summed E-state index contributed by atoms with van der Waals surface area (Å²) in [6, 6.07) is 5.20. The number of rotatable bonds is 9. The third-order valence-electron chi connectivity index (χ3n) is 3.94. The second kappa shape index (κ2) is 11.9. The molecule has 164 valence electrons. The van der Waals surface area contributed by atoms with E-state index in [1.807, 2.05) is 13.8 Å². The zero-order valence-electron chi connectivity index (χ0n) is 17.8. The first-order valence-electron chi connectivity index (χ1n) is 9.90. The summed E-state index contributed by atoms with van der Waals surface area (Å²) < 4.78 is 16.1. The molecule has 0 saturated heterocycles. The molecule has 0 atom stereocenters. The number of carbonyl (C=O) groups excluding carboxylic acids is 2. The SMILES string of the molecule is C#CCOc1ccc(/C=C2\SC(=NC(=O)CCC)C(C(=O)OCC)=C2O)cc1OCC. The van der Waals surface area contributed by atoms with Gasteiger partial charge in [0.05, 0.1) is 18.1 Å².